The second-order valence-corrected chi connectivity index (χ2v) is 8.76. The maximum Gasteiger partial charge on any atom is 0.258 e. The second-order valence-electron chi connectivity index (χ2n) is 8.76. The minimum Gasteiger partial charge on any atom is -0.417 e. The predicted molar refractivity (Wildman–Crippen MR) is 122 cm³/mol. The maximum atomic E-state index is 16.0. The number of carbonyl (C=O) groups excluding carboxylic acids is 1. The van der Waals surface area contributed by atoms with Gasteiger partial charge in [0.2, 0.25) is 5.88 Å². The molecule has 0 radical (unpaired) electrons. The van der Waals surface area contributed by atoms with Gasteiger partial charge in [-0.3, -0.25) is 4.79 Å². The van der Waals surface area contributed by atoms with Crippen molar-refractivity contribution in [2.24, 2.45) is 11.8 Å². The van der Waals surface area contributed by atoms with Gasteiger partial charge in [0, 0.05) is 30.1 Å². The van der Waals surface area contributed by atoms with Gasteiger partial charge in [-0.15, -0.1) is 0 Å². The maximum absolute atomic E-state index is 16.0. The fourth-order valence-electron chi connectivity index (χ4n) is 4.54. The van der Waals surface area contributed by atoms with E-state index >= 15 is 4.39 Å². The second kappa shape index (κ2) is 9.39. The van der Waals surface area contributed by atoms with Crippen molar-refractivity contribution in [1.82, 2.24) is 20.3 Å². The van der Waals surface area contributed by atoms with Gasteiger partial charge in [0.15, 0.2) is 5.82 Å². The molecule has 1 aliphatic heterocycles. The zero-order valence-electron chi connectivity index (χ0n) is 19.4. The van der Waals surface area contributed by atoms with Gasteiger partial charge in [-0.05, 0) is 54.7 Å². The molecular formula is C25H29FN4O3. The molecule has 1 amide bonds. The van der Waals surface area contributed by atoms with Crippen LogP contribution in [0.1, 0.15) is 57.2 Å². The average Bonchev–Trinajstić information content (AvgIpc) is 2.83. The molecule has 2 aromatic rings. The van der Waals surface area contributed by atoms with E-state index in [2.05, 4.69) is 41.0 Å². The summed E-state index contributed by atoms with van der Waals surface area (Å²) in [6.07, 6.45) is 6.35. The fraction of sp³-hybridized carbons (Fsp3) is 0.440. The number of allylic oxidation sites excluding steroid dienone is 1. The average molecular weight is 453 g/mol. The molecule has 0 saturated carbocycles. The molecule has 0 spiro atoms. The molecule has 3 heterocycles. The van der Waals surface area contributed by atoms with Crippen LogP contribution < -0.4 is 10.1 Å². The molecule has 174 valence electrons. The third-order valence-electron chi connectivity index (χ3n) is 6.75. The number of nitrogens with zero attached hydrogens (tertiary/aromatic N) is 3. The van der Waals surface area contributed by atoms with E-state index in [-0.39, 0.29) is 36.1 Å². The first kappa shape index (κ1) is 23.0. The first-order chi connectivity index (χ1) is 15.9. The van der Waals surface area contributed by atoms with Crippen molar-refractivity contribution in [3.8, 4) is 11.8 Å². The van der Waals surface area contributed by atoms with Crippen LogP contribution in [-0.2, 0) is 17.8 Å². The minimum atomic E-state index is -0.579. The summed E-state index contributed by atoms with van der Waals surface area (Å²) in [6, 6.07) is 0. The Labute approximate surface area is 192 Å². The number of hydrogen-bond acceptors (Lipinski definition) is 6. The summed E-state index contributed by atoms with van der Waals surface area (Å²) in [7, 11) is 0. The van der Waals surface area contributed by atoms with E-state index in [9.17, 15) is 9.90 Å². The Morgan fingerprint density at radius 2 is 2.06 bits per heavy atom. The zero-order chi connectivity index (χ0) is 23.7. The van der Waals surface area contributed by atoms with Crippen LogP contribution in [0, 0.1) is 17.7 Å². The first-order valence-electron chi connectivity index (χ1n) is 11.3. The van der Waals surface area contributed by atoms with Crippen LogP contribution >= 0.6 is 0 Å². The number of pyridine rings is 1. The minimum absolute atomic E-state index is 0.0289. The number of carbonyl (C=O) groups is 1. The van der Waals surface area contributed by atoms with Crippen LogP contribution in [0.15, 0.2) is 35.4 Å². The van der Waals surface area contributed by atoms with Gasteiger partial charge in [0.05, 0.1) is 12.2 Å². The van der Waals surface area contributed by atoms with Gasteiger partial charge in [0.1, 0.15) is 6.33 Å². The molecule has 7 nitrogen and oxygen atoms in total. The summed E-state index contributed by atoms with van der Waals surface area (Å²) in [5.74, 6) is -0.574. The summed E-state index contributed by atoms with van der Waals surface area (Å²) in [6.45, 7) is 8.47. The first-order valence-corrected chi connectivity index (χ1v) is 11.3. The molecule has 1 aliphatic carbocycles. The van der Waals surface area contributed by atoms with Crippen molar-refractivity contribution in [2.75, 3.05) is 6.54 Å². The fourth-order valence-corrected chi connectivity index (χ4v) is 4.54. The quantitative estimate of drug-likeness (QED) is 0.684. The Kier molecular flexibility index (Phi) is 6.56. The van der Waals surface area contributed by atoms with E-state index in [0.717, 1.165) is 28.7 Å². The van der Waals surface area contributed by atoms with Crippen molar-refractivity contribution in [2.45, 2.75) is 53.6 Å². The molecule has 0 saturated heterocycles. The molecule has 2 aliphatic rings. The van der Waals surface area contributed by atoms with Crippen molar-refractivity contribution < 1.29 is 19.0 Å². The number of fused-ring (bicyclic) bond motifs is 1. The number of rotatable bonds is 6. The lowest BCUT2D eigenvalue weighted by Gasteiger charge is -2.32. The zero-order valence-corrected chi connectivity index (χ0v) is 19.4. The molecule has 2 unspecified atom stereocenters. The Bertz CT molecular complexity index is 1160. The number of amides is 1. The van der Waals surface area contributed by atoms with E-state index in [1.54, 1.807) is 6.20 Å². The summed E-state index contributed by atoms with van der Waals surface area (Å²) < 4.78 is 21.7. The van der Waals surface area contributed by atoms with Crippen molar-refractivity contribution in [3.63, 3.8) is 0 Å². The summed E-state index contributed by atoms with van der Waals surface area (Å²) in [5, 5.41) is 12.5. The number of aliphatic hydroxyl groups is 1. The van der Waals surface area contributed by atoms with Crippen LogP contribution in [0.5, 0.6) is 11.8 Å². The molecule has 2 N–H and O–H groups in total. The third-order valence-corrected chi connectivity index (χ3v) is 6.75. The normalized spacial score (nSPS) is 19.3. The highest BCUT2D eigenvalue weighted by molar-refractivity contribution is 6.02. The van der Waals surface area contributed by atoms with Crippen molar-refractivity contribution in [3.05, 3.63) is 57.9 Å². The highest BCUT2D eigenvalue weighted by atomic mass is 19.1. The lowest BCUT2D eigenvalue weighted by Crippen LogP contribution is -2.37. The van der Waals surface area contributed by atoms with Crippen molar-refractivity contribution in [1.29, 1.82) is 0 Å². The number of aliphatic hydroxyl groups excluding tert-OH is 1. The lowest BCUT2D eigenvalue weighted by molar-refractivity contribution is -0.117. The van der Waals surface area contributed by atoms with Crippen LogP contribution in [0.3, 0.4) is 0 Å². The van der Waals surface area contributed by atoms with Crippen molar-refractivity contribution >= 4 is 11.5 Å². The van der Waals surface area contributed by atoms with Crippen LogP contribution in [0.25, 0.3) is 5.57 Å². The summed E-state index contributed by atoms with van der Waals surface area (Å²) >= 11 is 0. The number of nitrogens with one attached hydrogen (secondary N) is 1. The van der Waals surface area contributed by atoms with Gasteiger partial charge >= 0.3 is 0 Å². The van der Waals surface area contributed by atoms with E-state index in [0.29, 0.717) is 36.1 Å². The molecule has 33 heavy (non-hydrogen) atoms. The SMILES string of the molecule is CCC(C)C1=C(C2=C(C)C(C)CNC2=O)CCc2cnc(Oc3ncncc3CO)c(F)c21. The standard InChI is InChI=1S/C25H29FN4O3/c1-5-13(2)19-18(20-15(4)14(3)8-28-23(20)32)7-6-16-10-29-25(22(26)21(16)19)33-24-17(11-31)9-27-12-30-24/h9-10,12-14,31H,5-8,11H2,1-4H3,(H,28,32). The number of aryl methyl sites for hydroxylation is 1. The monoisotopic (exact) mass is 452 g/mol. The lowest BCUT2D eigenvalue weighted by atomic mass is 9.75. The third kappa shape index (κ3) is 4.15. The number of aromatic nitrogens is 3. The summed E-state index contributed by atoms with van der Waals surface area (Å²) in [4.78, 5) is 25.0. The molecule has 4 rings (SSSR count). The van der Waals surface area contributed by atoms with Gasteiger partial charge in [-0.1, -0.05) is 26.3 Å². The Hall–Kier alpha value is -3.13. The summed E-state index contributed by atoms with van der Waals surface area (Å²) in [5.41, 5.74) is 5.07. The van der Waals surface area contributed by atoms with Gasteiger partial charge in [-0.2, -0.15) is 0 Å². The highest BCUT2D eigenvalue weighted by Crippen LogP contribution is 2.44. The van der Waals surface area contributed by atoms with Crippen LogP contribution in [-0.4, -0.2) is 32.5 Å². The van der Waals surface area contributed by atoms with Gasteiger partial charge in [-0.25, -0.2) is 19.3 Å². The number of halogens is 1. The molecular weight excluding hydrogens is 423 g/mol. The Morgan fingerprint density at radius 3 is 2.79 bits per heavy atom. The van der Waals surface area contributed by atoms with E-state index < -0.39 is 5.82 Å². The topological polar surface area (TPSA) is 97.2 Å². The van der Waals surface area contributed by atoms with E-state index in [1.807, 2.05) is 6.92 Å². The van der Waals surface area contributed by atoms with Crippen LogP contribution in [0.4, 0.5) is 4.39 Å². The smallest absolute Gasteiger partial charge is 0.258 e. The molecule has 8 heteroatoms. The predicted octanol–water partition coefficient (Wildman–Crippen LogP) is 4.12. The molecule has 2 atom stereocenters. The Balaban J connectivity index is 1.90. The molecule has 0 aromatic carbocycles. The van der Waals surface area contributed by atoms with Crippen LogP contribution in [0.2, 0.25) is 0 Å². The molecule has 0 fully saturated rings. The number of ether oxygens (including phenoxy) is 1. The molecule has 2 aromatic heterocycles. The Morgan fingerprint density at radius 1 is 1.27 bits per heavy atom. The van der Waals surface area contributed by atoms with E-state index in [4.69, 9.17) is 4.74 Å². The van der Waals surface area contributed by atoms with Gasteiger partial charge in [0.25, 0.3) is 11.8 Å². The highest BCUT2D eigenvalue weighted by Gasteiger charge is 2.34. The van der Waals surface area contributed by atoms with E-state index in [1.165, 1.54) is 12.5 Å². The number of hydrogen-bond donors (Lipinski definition) is 2. The largest absolute Gasteiger partial charge is 0.417 e. The molecule has 0 bridgehead atoms. The van der Waals surface area contributed by atoms with Gasteiger partial charge < -0.3 is 15.2 Å².